The molecule has 1 heterocycles. The summed E-state index contributed by atoms with van der Waals surface area (Å²) in [7, 11) is 3.50. The van der Waals surface area contributed by atoms with Crippen LogP contribution in [-0.2, 0) is 4.79 Å². The van der Waals surface area contributed by atoms with Crippen molar-refractivity contribution in [1.29, 1.82) is 0 Å². The van der Waals surface area contributed by atoms with Crippen LogP contribution >= 0.6 is 0 Å². The normalized spacial score (nSPS) is 10.7. The van der Waals surface area contributed by atoms with Gasteiger partial charge in [0.2, 0.25) is 5.91 Å². The number of nitrogen functional groups attached to an aromatic ring is 1. The maximum atomic E-state index is 11.8. The number of aromatic amines is 1. The van der Waals surface area contributed by atoms with Crippen LogP contribution in [-0.4, -0.2) is 48.2 Å². The topological polar surface area (TPSA) is 78.2 Å². The molecule has 1 aromatic carbocycles. The molecule has 3 N–H and O–H groups in total. The van der Waals surface area contributed by atoms with E-state index >= 15 is 0 Å². The lowest BCUT2D eigenvalue weighted by Gasteiger charge is -2.25. The highest BCUT2D eigenvalue weighted by molar-refractivity contribution is 5.90. The molecular formula is C13H19N5O. The Kier molecular flexibility index (Phi) is 3.59. The van der Waals surface area contributed by atoms with Gasteiger partial charge in [-0.1, -0.05) is 0 Å². The number of H-pyrrole nitrogens is 1. The Balaban J connectivity index is 2.34. The number of aromatic nitrogens is 2. The van der Waals surface area contributed by atoms with E-state index in [0.717, 1.165) is 16.6 Å². The van der Waals surface area contributed by atoms with Crippen molar-refractivity contribution < 1.29 is 4.79 Å². The number of amides is 1. The third-order valence-corrected chi connectivity index (χ3v) is 3.13. The standard InChI is InChI=1S/C13H19N5O/c1-4-18(8-13(19)17(2)3)12-6-11-9(5-10(12)14)7-15-16-11/h5-7H,4,8,14H2,1-3H3,(H,15,16). The maximum absolute atomic E-state index is 11.8. The van der Waals surface area contributed by atoms with E-state index in [0.29, 0.717) is 18.8 Å². The third kappa shape index (κ3) is 2.62. The highest BCUT2D eigenvalue weighted by Gasteiger charge is 2.15. The maximum Gasteiger partial charge on any atom is 0.241 e. The summed E-state index contributed by atoms with van der Waals surface area (Å²) in [6.07, 6.45) is 1.73. The Hall–Kier alpha value is -2.24. The van der Waals surface area contributed by atoms with Crippen molar-refractivity contribution in [2.24, 2.45) is 0 Å². The molecule has 102 valence electrons. The van der Waals surface area contributed by atoms with Gasteiger partial charge in [-0.15, -0.1) is 0 Å². The first-order chi connectivity index (χ1) is 9.02. The van der Waals surface area contributed by atoms with Gasteiger partial charge >= 0.3 is 0 Å². The molecule has 19 heavy (non-hydrogen) atoms. The second-order valence-electron chi connectivity index (χ2n) is 4.67. The Bertz CT molecular complexity index is 590. The number of carbonyl (C=O) groups excluding carboxylic acids is 1. The number of fused-ring (bicyclic) bond motifs is 1. The minimum atomic E-state index is 0.0472. The van der Waals surface area contributed by atoms with Gasteiger partial charge in [0.15, 0.2) is 0 Å². The molecule has 0 fully saturated rings. The van der Waals surface area contributed by atoms with Gasteiger partial charge in [-0.25, -0.2) is 0 Å². The van der Waals surface area contributed by atoms with Crippen molar-refractivity contribution in [3.05, 3.63) is 18.3 Å². The lowest BCUT2D eigenvalue weighted by Crippen LogP contribution is -2.36. The minimum Gasteiger partial charge on any atom is -0.397 e. The molecule has 0 aliphatic heterocycles. The van der Waals surface area contributed by atoms with Crippen LogP contribution in [0.15, 0.2) is 18.3 Å². The van der Waals surface area contributed by atoms with Gasteiger partial charge in [-0.2, -0.15) is 5.10 Å². The van der Waals surface area contributed by atoms with Crippen LogP contribution in [0.4, 0.5) is 11.4 Å². The van der Waals surface area contributed by atoms with Crippen LogP contribution < -0.4 is 10.6 Å². The smallest absolute Gasteiger partial charge is 0.241 e. The Morgan fingerprint density at radius 2 is 2.16 bits per heavy atom. The molecule has 0 saturated carbocycles. The van der Waals surface area contributed by atoms with E-state index in [1.54, 1.807) is 25.2 Å². The largest absolute Gasteiger partial charge is 0.397 e. The fraction of sp³-hybridized carbons (Fsp3) is 0.385. The van der Waals surface area contributed by atoms with Crippen molar-refractivity contribution in [2.75, 3.05) is 37.8 Å². The number of nitrogens with one attached hydrogen (secondary N) is 1. The number of hydrogen-bond acceptors (Lipinski definition) is 4. The Morgan fingerprint density at radius 3 is 2.79 bits per heavy atom. The van der Waals surface area contributed by atoms with Gasteiger partial charge in [0.05, 0.1) is 29.6 Å². The Morgan fingerprint density at radius 1 is 1.42 bits per heavy atom. The molecule has 6 nitrogen and oxygen atoms in total. The van der Waals surface area contributed by atoms with E-state index in [-0.39, 0.29) is 5.91 Å². The monoisotopic (exact) mass is 261 g/mol. The summed E-state index contributed by atoms with van der Waals surface area (Å²) in [5.41, 5.74) is 8.49. The summed E-state index contributed by atoms with van der Waals surface area (Å²) >= 11 is 0. The molecule has 6 heteroatoms. The molecule has 0 aliphatic rings. The zero-order valence-electron chi connectivity index (χ0n) is 11.5. The van der Waals surface area contributed by atoms with Crippen molar-refractivity contribution >= 4 is 28.2 Å². The molecule has 2 aromatic rings. The SMILES string of the molecule is CCN(CC(=O)N(C)C)c1cc2[nH]ncc2cc1N. The number of carbonyl (C=O) groups is 1. The van der Waals surface area contributed by atoms with E-state index in [4.69, 9.17) is 5.73 Å². The molecule has 0 atom stereocenters. The number of likely N-dealkylation sites (N-methyl/N-ethyl adjacent to an activating group) is 2. The first kappa shape index (κ1) is 13.2. The quantitative estimate of drug-likeness (QED) is 0.807. The summed E-state index contributed by atoms with van der Waals surface area (Å²) in [6, 6.07) is 3.81. The van der Waals surface area contributed by atoms with E-state index in [9.17, 15) is 4.79 Å². The first-order valence-electron chi connectivity index (χ1n) is 6.20. The van der Waals surface area contributed by atoms with Crippen molar-refractivity contribution in [2.45, 2.75) is 6.92 Å². The molecule has 0 unspecified atom stereocenters. The fourth-order valence-electron chi connectivity index (χ4n) is 1.94. The number of benzene rings is 1. The Labute approximate surface area is 112 Å². The zero-order chi connectivity index (χ0) is 14.0. The second kappa shape index (κ2) is 5.17. The van der Waals surface area contributed by atoms with E-state index in [2.05, 4.69) is 10.2 Å². The fourth-order valence-corrected chi connectivity index (χ4v) is 1.94. The number of rotatable bonds is 4. The summed E-state index contributed by atoms with van der Waals surface area (Å²) in [5, 5.41) is 7.87. The van der Waals surface area contributed by atoms with Crippen LogP contribution in [0, 0.1) is 0 Å². The first-order valence-corrected chi connectivity index (χ1v) is 6.20. The van der Waals surface area contributed by atoms with Crippen molar-refractivity contribution in [3.8, 4) is 0 Å². The second-order valence-corrected chi connectivity index (χ2v) is 4.67. The van der Waals surface area contributed by atoms with E-state index < -0.39 is 0 Å². The van der Waals surface area contributed by atoms with Gasteiger partial charge < -0.3 is 15.5 Å². The van der Waals surface area contributed by atoms with Crippen LogP contribution in [0.25, 0.3) is 10.9 Å². The predicted molar refractivity (Wildman–Crippen MR) is 77.1 cm³/mol. The zero-order valence-corrected chi connectivity index (χ0v) is 11.5. The molecule has 2 rings (SSSR count). The number of nitrogens with two attached hydrogens (primary N) is 1. The lowest BCUT2D eigenvalue weighted by atomic mass is 10.2. The van der Waals surface area contributed by atoms with Gasteiger partial charge in [0.25, 0.3) is 0 Å². The lowest BCUT2D eigenvalue weighted by molar-refractivity contribution is -0.127. The average molecular weight is 261 g/mol. The van der Waals surface area contributed by atoms with Crippen molar-refractivity contribution in [3.63, 3.8) is 0 Å². The summed E-state index contributed by atoms with van der Waals surface area (Å²) in [5.74, 6) is 0.0472. The van der Waals surface area contributed by atoms with Gasteiger partial charge in [0.1, 0.15) is 0 Å². The molecular weight excluding hydrogens is 242 g/mol. The molecule has 0 radical (unpaired) electrons. The highest BCUT2D eigenvalue weighted by atomic mass is 16.2. The van der Waals surface area contributed by atoms with Crippen LogP contribution in [0.1, 0.15) is 6.92 Å². The average Bonchev–Trinajstić information content (AvgIpc) is 2.81. The van der Waals surface area contributed by atoms with E-state index in [1.807, 2.05) is 24.0 Å². The van der Waals surface area contributed by atoms with Crippen LogP contribution in [0.3, 0.4) is 0 Å². The molecule has 0 aliphatic carbocycles. The van der Waals surface area contributed by atoms with Crippen LogP contribution in [0.5, 0.6) is 0 Å². The number of anilines is 2. The molecule has 0 spiro atoms. The highest BCUT2D eigenvalue weighted by Crippen LogP contribution is 2.28. The summed E-state index contributed by atoms with van der Waals surface area (Å²) in [6.45, 7) is 3.02. The predicted octanol–water partition coefficient (Wildman–Crippen LogP) is 1.06. The number of hydrogen-bond donors (Lipinski definition) is 2. The summed E-state index contributed by atoms with van der Waals surface area (Å²) < 4.78 is 0. The van der Waals surface area contributed by atoms with Gasteiger partial charge in [-0.05, 0) is 19.1 Å². The number of nitrogens with zero attached hydrogens (tertiary/aromatic N) is 3. The van der Waals surface area contributed by atoms with Gasteiger partial charge in [0, 0.05) is 26.0 Å². The molecule has 0 bridgehead atoms. The van der Waals surface area contributed by atoms with Crippen LogP contribution in [0.2, 0.25) is 0 Å². The van der Waals surface area contributed by atoms with Crippen molar-refractivity contribution in [1.82, 2.24) is 15.1 Å². The molecule has 1 amide bonds. The minimum absolute atomic E-state index is 0.0472. The molecule has 0 saturated heterocycles. The van der Waals surface area contributed by atoms with Gasteiger partial charge in [-0.3, -0.25) is 9.89 Å². The summed E-state index contributed by atoms with van der Waals surface area (Å²) in [4.78, 5) is 15.4. The third-order valence-electron chi connectivity index (χ3n) is 3.13. The van der Waals surface area contributed by atoms with E-state index in [1.165, 1.54) is 0 Å². The molecule has 1 aromatic heterocycles.